The van der Waals surface area contributed by atoms with E-state index < -0.39 is 0 Å². The fourth-order valence-electron chi connectivity index (χ4n) is 2.95. The Morgan fingerprint density at radius 2 is 2.16 bits per heavy atom. The zero-order valence-corrected chi connectivity index (χ0v) is 15.6. The summed E-state index contributed by atoms with van der Waals surface area (Å²) >= 11 is 1.39. The summed E-state index contributed by atoms with van der Waals surface area (Å²) in [4.78, 5) is 30.5. The van der Waals surface area contributed by atoms with Gasteiger partial charge in [0.05, 0.1) is 11.3 Å². The highest BCUT2D eigenvalue weighted by Crippen LogP contribution is 2.32. The van der Waals surface area contributed by atoms with Crippen LogP contribution in [0.3, 0.4) is 0 Å². The molecule has 2 heterocycles. The van der Waals surface area contributed by atoms with Crippen molar-refractivity contribution < 1.29 is 14.3 Å². The fourth-order valence-corrected chi connectivity index (χ4v) is 3.84. The molecule has 1 aliphatic rings. The largest absolute Gasteiger partial charge is 0.488 e. The van der Waals surface area contributed by atoms with Gasteiger partial charge in [0.25, 0.3) is 0 Å². The molecule has 130 valence electrons. The molecule has 0 radical (unpaired) electrons. The van der Waals surface area contributed by atoms with Gasteiger partial charge in [-0.05, 0) is 44.0 Å². The Kier molecular flexibility index (Phi) is 4.72. The Hall–Kier alpha value is -2.47. The lowest BCUT2D eigenvalue weighted by molar-refractivity contribution is -0.116. The quantitative estimate of drug-likeness (QED) is 0.785. The van der Waals surface area contributed by atoms with E-state index in [1.165, 1.54) is 18.3 Å². The van der Waals surface area contributed by atoms with E-state index in [0.29, 0.717) is 34.3 Å². The summed E-state index contributed by atoms with van der Waals surface area (Å²) in [6.07, 6.45) is 1.75. The molecule has 0 spiro atoms. The number of carbonyl (C=O) groups is 2. The van der Waals surface area contributed by atoms with Crippen LogP contribution in [0.15, 0.2) is 23.1 Å². The molecule has 25 heavy (non-hydrogen) atoms. The fraction of sp³-hybridized carbons (Fsp3) is 0.316. The van der Waals surface area contributed by atoms with Crippen LogP contribution in [0.1, 0.15) is 41.0 Å². The number of hydrogen-bond donors (Lipinski definition) is 0. The average Bonchev–Trinajstić information content (AvgIpc) is 2.99. The second kappa shape index (κ2) is 6.80. The first-order valence-corrected chi connectivity index (χ1v) is 9.01. The van der Waals surface area contributed by atoms with Crippen LogP contribution in [0, 0.1) is 13.8 Å². The Morgan fingerprint density at radius 3 is 2.84 bits per heavy atom. The summed E-state index contributed by atoms with van der Waals surface area (Å²) in [6, 6.07) is 3.87. The number of anilines is 1. The molecule has 5 nitrogen and oxygen atoms in total. The third-order valence-corrected chi connectivity index (χ3v) is 4.97. The van der Waals surface area contributed by atoms with Crippen LogP contribution >= 0.6 is 11.3 Å². The molecule has 1 aromatic heterocycles. The zero-order chi connectivity index (χ0) is 18.1. The van der Waals surface area contributed by atoms with Crippen molar-refractivity contribution in [2.45, 2.75) is 27.7 Å². The van der Waals surface area contributed by atoms with Crippen LogP contribution in [0.25, 0.3) is 6.08 Å². The van der Waals surface area contributed by atoms with Crippen LogP contribution in [0.4, 0.5) is 5.13 Å². The second-order valence-corrected chi connectivity index (χ2v) is 6.90. The van der Waals surface area contributed by atoms with Crippen LogP contribution in [0.5, 0.6) is 5.75 Å². The van der Waals surface area contributed by atoms with Gasteiger partial charge in [0, 0.05) is 24.4 Å². The predicted octanol–water partition coefficient (Wildman–Crippen LogP) is 3.79. The van der Waals surface area contributed by atoms with Crippen molar-refractivity contribution in [3.63, 3.8) is 0 Å². The minimum absolute atomic E-state index is 0.0264. The van der Waals surface area contributed by atoms with E-state index in [2.05, 4.69) is 4.98 Å². The lowest BCUT2D eigenvalue weighted by Gasteiger charge is -2.21. The molecule has 0 bridgehead atoms. The van der Waals surface area contributed by atoms with Gasteiger partial charge in [-0.15, -0.1) is 11.3 Å². The molecule has 1 aliphatic heterocycles. The van der Waals surface area contributed by atoms with Gasteiger partial charge in [0.1, 0.15) is 12.4 Å². The molecule has 0 N–H and O–H groups in total. The van der Waals surface area contributed by atoms with Crippen molar-refractivity contribution in [3.05, 3.63) is 45.5 Å². The summed E-state index contributed by atoms with van der Waals surface area (Å²) in [7, 11) is 0. The monoisotopic (exact) mass is 356 g/mol. The SMILES string of the molecule is CCN(C(C)=O)c1nc(/C=C2\COc3c(C)cc(C)cc3C2=O)cs1. The van der Waals surface area contributed by atoms with Crippen molar-refractivity contribution in [3.8, 4) is 5.75 Å². The average molecular weight is 356 g/mol. The Balaban J connectivity index is 1.92. The third-order valence-electron chi connectivity index (χ3n) is 4.09. The van der Waals surface area contributed by atoms with E-state index in [1.54, 1.807) is 11.0 Å². The molecular formula is C19H20N2O3S. The van der Waals surface area contributed by atoms with E-state index in [0.717, 1.165) is 11.1 Å². The Labute approximate surface area is 150 Å². The number of hydrogen-bond acceptors (Lipinski definition) is 5. The number of amides is 1. The molecule has 1 amide bonds. The number of ether oxygens (including phenoxy) is 1. The van der Waals surface area contributed by atoms with Crippen LogP contribution in [-0.4, -0.2) is 29.8 Å². The van der Waals surface area contributed by atoms with Gasteiger partial charge in [0.15, 0.2) is 10.9 Å². The van der Waals surface area contributed by atoms with E-state index in [1.807, 2.05) is 38.3 Å². The van der Waals surface area contributed by atoms with E-state index >= 15 is 0 Å². The molecule has 0 aliphatic carbocycles. The molecule has 3 rings (SSSR count). The van der Waals surface area contributed by atoms with Crippen LogP contribution in [0.2, 0.25) is 0 Å². The highest BCUT2D eigenvalue weighted by Gasteiger charge is 2.25. The van der Waals surface area contributed by atoms with Crippen molar-refractivity contribution in [1.82, 2.24) is 4.98 Å². The van der Waals surface area contributed by atoms with Crippen molar-refractivity contribution in [2.24, 2.45) is 0 Å². The van der Waals surface area contributed by atoms with Gasteiger partial charge < -0.3 is 4.74 Å². The zero-order valence-electron chi connectivity index (χ0n) is 14.8. The number of fused-ring (bicyclic) bond motifs is 1. The number of rotatable bonds is 3. The number of aromatic nitrogens is 1. The standard InChI is InChI=1S/C19H20N2O3S/c1-5-21(13(4)22)19-20-15(10-25-19)8-14-9-24-18-12(3)6-11(2)7-16(18)17(14)23/h6-8,10H,5,9H2,1-4H3/b14-8+. The van der Waals surface area contributed by atoms with E-state index in [4.69, 9.17) is 4.74 Å². The maximum absolute atomic E-state index is 12.8. The summed E-state index contributed by atoms with van der Waals surface area (Å²) in [5.74, 6) is 0.593. The summed E-state index contributed by atoms with van der Waals surface area (Å²) in [5.41, 5.74) is 3.84. The molecule has 0 saturated carbocycles. The van der Waals surface area contributed by atoms with Crippen LogP contribution in [-0.2, 0) is 4.79 Å². The van der Waals surface area contributed by atoms with Gasteiger partial charge in [-0.25, -0.2) is 4.98 Å². The van der Waals surface area contributed by atoms with E-state index in [9.17, 15) is 9.59 Å². The minimum atomic E-state index is -0.0481. The van der Waals surface area contributed by atoms with Crippen LogP contribution < -0.4 is 9.64 Å². The number of carbonyl (C=O) groups excluding carboxylic acids is 2. The molecule has 0 atom stereocenters. The first kappa shape index (κ1) is 17.4. The van der Waals surface area contributed by atoms with Crippen molar-refractivity contribution >= 4 is 34.2 Å². The molecule has 0 saturated heterocycles. The maximum Gasteiger partial charge on any atom is 0.225 e. The van der Waals surface area contributed by atoms with Gasteiger partial charge >= 0.3 is 0 Å². The number of nitrogens with zero attached hydrogens (tertiary/aromatic N) is 2. The van der Waals surface area contributed by atoms with E-state index in [-0.39, 0.29) is 18.3 Å². The van der Waals surface area contributed by atoms with Gasteiger partial charge in [-0.2, -0.15) is 0 Å². The molecular weight excluding hydrogens is 336 g/mol. The molecule has 2 aromatic rings. The number of ketones is 1. The molecule has 1 aromatic carbocycles. The molecule has 6 heteroatoms. The first-order valence-electron chi connectivity index (χ1n) is 8.13. The summed E-state index contributed by atoms with van der Waals surface area (Å²) in [5, 5.41) is 2.48. The summed E-state index contributed by atoms with van der Waals surface area (Å²) in [6.45, 7) is 8.12. The highest BCUT2D eigenvalue weighted by atomic mass is 32.1. The van der Waals surface area contributed by atoms with Crippen molar-refractivity contribution in [1.29, 1.82) is 0 Å². The second-order valence-electron chi connectivity index (χ2n) is 6.06. The normalized spacial score (nSPS) is 15.0. The van der Waals surface area contributed by atoms with Gasteiger partial charge in [-0.1, -0.05) is 6.07 Å². The van der Waals surface area contributed by atoms with Gasteiger partial charge in [-0.3, -0.25) is 14.5 Å². The highest BCUT2D eigenvalue weighted by molar-refractivity contribution is 7.14. The maximum atomic E-state index is 12.8. The number of thiazole rings is 1. The third kappa shape index (κ3) is 3.35. The lowest BCUT2D eigenvalue weighted by Crippen LogP contribution is -2.27. The first-order chi connectivity index (χ1) is 11.9. The topological polar surface area (TPSA) is 59.5 Å². The number of aryl methyl sites for hydroxylation is 2. The summed E-state index contributed by atoms with van der Waals surface area (Å²) < 4.78 is 5.80. The Bertz CT molecular complexity index is 883. The molecule has 0 fully saturated rings. The lowest BCUT2D eigenvalue weighted by atomic mass is 9.95. The number of Topliss-reactive ketones (excluding diaryl/α,β-unsaturated/α-hetero) is 1. The smallest absolute Gasteiger partial charge is 0.225 e. The minimum Gasteiger partial charge on any atom is -0.488 e. The molecule has 0 unspecified atom stereocenters. The van der Waals surface area contributed by atoms with Crippen molar-refractivity contribution in [2.75, 3.05) is 18.1 Å². The predicted molar refractivity (Wildman–Crippen MR) is 99.5 cm³/mol. The number of benzene rings is 1. The Morgan fingerprint density at radius 1 is 1.40 bits per heavy atom. The van der Waals surface area contributed by atoms with Gasteiger partial charge in [0.2, 0.25) is 5.91 Å².